The molecule has 0 aliphatic rings. The average Bonchev–Trinajstić information content (AvgIpc) is 3.21. The number of pyridine rings is 2. The minimum absolute atomic E-state index is 0.0149. The molecule has 4 aromatic carbocycles. The second-order valence-electron chi connectivity index (χ2n) is 15.1. The number of hydrogen-bond donors (Lipinski definition) is 2. The van der Waals surface area contributed by atoms with Gasteiger partial charge in [-0.2, -0.15) is 26.3 Å². The van der Waals surface area contributed by atoms with Crippen molar-refractivity contribution in [2.45, 2.75) is 100 Å². The van der Waals surface area contributed by atoms with Gasteiger partial charge in [-0.1, -0.05) is 48.2 Å². The molecule has 2 amide bonds. The lowest BCUT2D eigenvalue weighted by molar-refractivity contribution is -0.695. The summed E-state index contributed by atoms with van der Waals surface area (Å²) < 4.78 is 140. The van der Waals surface area contributed by atoms with Crippen molar-refractivity contribution in [3.63, 3.8) is 0 Å². The maximum absolute atomic E-state index is 12.2. The molecule has 0 fully saturated rings. The monoisotopic (exact) mass is 938 g/mol. The summed E-state index contributed by atoms with van der Waals surface area (Å²) in [5, 5.41) is 10.7. The summed E-state index contributed by atoms with van der Waals surface area (Å²) in [5.74, 6) is -3.79. The Bertz CT molecular complexity index is 2460. The van der Waals surface area contributed by atoms with Gasteiger partial charge in [-0.3, -0.25) is 9.59 Å². The van der Waals surface area contributed by atoms with Crippen molar-refractivity contribution >= 4 is 64.4 Å². The number of amides is 2. The van der Waals surface area contributed by atoms with Gasteiger partial charge in [0.15, 0.2) is 24.8 Å². The SMILES string of the molecule is Cc1ccc(S(=O)(=O)[O-])cc1.Cc1ccc(S(=O)(=O)[O-])cc1.O=C(NCCCCCC[n+]1cc2ccc3c[n+](CCCCCCNC(=O)C(F)(F)F)cc4ccc(c1)c2c34)C(F)(F)F. The highest BCUT2D eigenvalue weighted by Crippen LogP contribution is 2.32. The summed E-state index contributed by atoms with van der Waals surface area (Å²) in [4.78, 5) is 21.3. The molecule has 0 bridgehead atoms. The van der Waals surface area contributed by atoms with Crippen LogP contribution in [0.15, 0.2) is 107 Å². The van der Waals surface area contributed by atoms with Crippen molar-refractivity contribution in [2.75, 3.05) is 13.1 Å². The predicted octanol–water partition coefficient (Wildman–Crippen LogP) is 7.44. The third kappa shape index (κ3) is 16.0. The van der Waals surface area contributed by atoms with Crippen LogP contribution in [-0.2, 0) is 42.9 Å². The molecule has 2 N–H and O–H groups in total. The van der Waals surface area contributed by atoms with Crippen LogP contribution >= 0.6 is 0 Å². The molecule has 6 rings (SSSR count). The molecule has 2 heterocycles. The first-order valence-corrected chi connectivity index (χ1v) is 23.0. The molecule has 0 atom stereocenters. The zero-order chi connectivity index (χ0) is 47.3. The molecular formula is C44H48F6N4O8S2. The molecule has 0 unspecified atom stereocenters. The number of unbranched alkanes of at least 4 members (excludes halogenated alkanes) is 6. The second-order valence-corrected chi connectivity index (χ2v) is 17.9. The number of hydrogen-bond acceptors (Lipinski definition) is 8. The quantitative estimate of drug-likeness (QED) is 0.0331. The third-order valence-electron chi connectivity index (χ3n) is 9.90. The molecule has 0 radical (unpaired) electrons. The highest BCUT2D eigenvalue weighted by atomic mass is 32.2. The fourth-order valence-corrected chi connectivity index (χ4v) is 7.58. The zero-order valence-corrected chi connectivity index (χ0v) is 36.6. The van der Waals surface area contributed by atoms with E-state index in [1.807, 2.05) is 24.5 Å². The lowest BCUT2D eigenvalue weighted by atomic mass is 9.97. The zero-order valence-electron chi connectivity index (χ0n) is 35.0. The van der Waals surface area contributed by atoms with Crippen LogP contribution in [0.2, 0.25) is 0 Å². The van der Waals surface area contributed by atoms with Gasteiger partial charge in [0, 0.05) is 58.2 Å². The van der Waals surface area contributed by atoms with Crippen molar-refractivity contribution < 1.29 is 71.0 Å². The van der Waals surface area contributed by atoms with Gasteiger partial charge in [0.2, 0.25) is 0 Å². The van der Waals surface area contributed by atoms with E-state index in [0.717, 1.165) is 84.3 Å². The van der Waals surface area contributed by atoms with Crippen LogP contribution in [0.1, 0.15) is 62.5 Å². The maximum atomic E-state index is 12.2. The summed E-state index contributed by atoms with van der Waals surface area (Å²) in [5.41, 5.74) is 1.86. The molecule has 0 saturated heterocycles. The van der Waals surface area contributed by atoms with Crippen LogP contribution in [0.3, 0.4) is 0 Å². The molecule has 0 aliphatic heterocycles. The van der Waals surface area contributed by atoms with Gasteiger partial charge in [0.25, 0.3) is 0 Å². The average molecular weight is 939 g/mol. The number of alkyl halides is 6. The van der Waals surface area contributed by atoms with Crippen LogP contribution in [0, 0.1) is 13.8 Å². The Morgan fingerprint density at radius 3 is 1.03 bits per heavy atom. The Kier molecular flexibility index (Phi) is 18.0. The standard InChI is InChI=1S/C30H32F6N4O2.2C7H8O3S/c31-29(32,33)27(41)37-13-5-1-3-7-15-39-17-21-9-11-23-19-40(20-24-12-10-22(18-39)25(21)26(23)24)16-8-4-2-6-14-38-28(42)30(34,35)36;2*1-6-2-4-7(5-3-6)11(8,9)10/h9-12,17-20H,1-8,13-16H2;2*2-5H,1H3,(H,8,9,10). The van der Waals surface area contributed by atoms with Crippen molar-refractivity contribution in [1.82, 2.24) is 10.6 Å². The van der Waals surface area contributed by atoms with Crippen molar-refractivity contribution in [2.24, 2.45) is 0 Å². The van der Waals surface area contributed by atoms with Gasteiger partial charge < -0.3 is 19.7 Å². The first-order valence-electron chi connectivity index (χ1n) is 20.2. The van der Waals surface area contributed by atoms with Crippen LogP contribution in [0.5, 0.6) is 0 Å². The van der Waals surface area contributed by atoms with E-state index >= 15 is 0 Å². The minimum atomic E-state index is -4.84. The molecule has 20 heteroatoms. The van der Waals surface area contributed by atoms with E-state index in [0.29, 0.717) is 12.8 Å². The van der Waals surface area contributed by atoms with Gasteiger partial charge in [0.05, 0.1) is 9.79 Å². The Hall–Kier alpha value is -5.44. The van der Waals surface area contributed by atoms with E-state index in [9.17, 15) is 61.9 Å². The summed E-state index contributed by atoms with van der Waals surface area (Å²) >= 11 is 0. The van der Waals surface area contributed by atoms with Gasteiger partial charge in [-0.15, -0.1) is 0 Å². The number of aryl methyl sites for hydroxylation is 4. The number of carbonyl (C=O) groups is 2. The number of halogens is 6. The van der Waals surface area contributed by atoms with Crippen LogP contribution in [0.25, 0.3) is 32.3 Å². The number of carbonyl (C=O) groups excluding carboxylic acids is 2. The van der Waals surface area contributed by atoms with Crippen molar-refractivity contribution in [3.05, 3.63) is 109 Å². The van der Waals surface area contributed by atoms with E-state index in [1.54, 1.807) is 24.3 Å². The van der Waals surface area contributed by atoms with Crippen molar-refractivity contribution in [3.8, 4) is 0 Å². The van der Waals surface area contributed by atoms with Crippen LogP contribution in [-0.4, -0.2) is 63.2 Å². The molecule has 0 spiro atoms. The topological polar surface area (TPSA) is 180 Å². The lowest BCUT2D eigenvalue weighted by Gasteiger charge is -2.10. The van der Waals surface area contributed by atoms with Gasteiger partial charge in [0.1, 0.15) is 33.3 Å². The number of rotatable bonds is 16. The van der Waals surface area contributed by atoms with Gasteiger partial charge in [-0.05, 0) is 88.1 Å². The predicted molar refractivity (Wildman–Crippen MR) is 224 cm³/mol. The van der Waals surface area contributed by atoms with Crippen LogP contribution < -0.4 is 19.8 Å². The summed E-state index contributed by atoms with van der Waals surface area (Å²) in [6.07, 6.45) is 4.65. The molecule has 346 valence electrons. The Balaban J connectivity index is 0.000000330. The fraction of sp³-hybridized carbons (Fsp3) is 0.364. The molecule has 2 aromatic heterocycles. The number of benzene rings is 4. The van der Waals surface area contributed by atoms with E-state index in [2.05, 4.69) is 58.2 Å². The fourth-order valence-electron chi connectivity index (χ4n) is 6.64. The first-order chi connectivity index (χ1) is 29.9. The molecule has 6 aromatic rings. The normalized spacial score (nSPS) is 12.1. The highest BCUT2D eigenvalue weighted by Gasteiger charge is 2.38. The molecule has 0 aliphatic carbocycles. The first kappa shape index (κ1) is 51.2. The van der Waals surface area contributed by atoms with E-state index in [1.165, 1.54) is 35.0 Å². The Morgan fingerprint density at radius 1 is 0.484 bits per heavy atom. The summed E-state index contributed by atoms with van der Waals surface area (Å²) in [7, 11) is -8.54. The summed E-state index contributed by atoms with van der Waals surface area (Å²) in [6.45, 7) is 5.23. The molecular weight excluding hydrogens is 891 g/mol. The Labute approximate surface area is 367 Å². The highest BCUT2D eigenvalue weighted by molar-refractivity contribution is 7.86. The summed E-state index contributed by atoms with van der Waals surface area (Å²) in [6, 6.07) is 20.0. The minimum Gasteiger partial charge on any atom is -0.744 e. The van der Waals surface area contributed by atoms with Gasteiger partial charge >= 0.3 is 24.2 Å². The molecule has 0 saturated carbocycles. The smallest absolute Gasteiger partial charge is 0.471 e. The van der Waals surface area contributed by atoms with E-state index in [-0.39, 0.29) is 22.9 Å². The van der Waals surface area contributed by atoms with Crippen molar-refractivity contribution in [1.29, 1.82) is 0 Å². The number of nitrogens with one attached hydrogen (secondary N) is 2. The van der Waals surface area contributed by atoms with Crippen LogP contribution in [0.4, 0.5) is 26.3 Å². The second kappa shape index (κ2) is 22.5. The Morgan fingerprint density at radius 2 is 0.766 bits per heavy atom. The molecule has 64 heavy (non-hydrogen) atoms. The third-order valence-corrected chi connectivity index (χ3v) is 11.6. The number of aromatic nitrogens is 2. The van der Waals surface area contributed by atoms with E-state index < -0.39 is 44.4 Å². The van der Waals surface area contributed by atoms with E-state index in [4.69, 9.17) is 0 Å². The number of nitrogens with zero attached hydrogens (tertiary/aromatic N) is 2. The maximum Gasteiger partial charge on any atom is 0.471 e. The lowest BCUT2D eigenvalue weighted by Crippen LogP contribution is -2.37. The van der Waals surface area contributed by atoms with Gasteiger partial charge in [-0.25, -0.2) is 26.0 Å². The molecule has 12 nitrogen and oxygen atoms in total. The largest absolute Gasteiger partial charge is 0.744 e.